The normalized spacial score (nSPS) is 22.3. The van der Waals surface area contributed by atoms with E-state index in [-0.39, 0.29) is 11.9 Å². The first-order chi connectivity index (χ1) is 5.77. The smallest absolute Gasteiger partial charge is 0.250 e. The molecule has 1 aliphatic heterocycles. The molecule has 12 heavy (non-hydrogen) atoms. The van der Waals surface area contributed by atoms with E-state index in [9.17, 15) is 4.79 Å². The first kappa shape index (κ1) is 9.23. The second-order valence-corrected chi connectivity index (χ2v) is 3.09. The topological polar surface area (TPSA) is 41.5 Å². The van der Waals surface area contributed by atoms with Crippen molar-refractivity contribution in [2.24, 2.45) is 4.99 Å². The van der Waals surface area contributed by atoms with Gasteiger partial charge in [0.25, 0.3) is 0 Å². The fourth-order valence-corrected chi connectivity index (χ4v) is 1.25. The Balaban J connectivity index is 2.42. The highest BCUT2D eigenvalue weighted by Gasteiger charge is 2.23. The van der Waals surface area contributed by atoms with E-state index in [1.165, 1.54) is 0 Å². The van der Waals surface area contributed by atoms with Crippen LogP contribution in [-0.2, 0) is 4.79 Å². The van der Waals surface area contributed by atoms with Crippen molar-refractivity contribution in [3.63, 3.8) is 0 Å². The molecule has 1 rings (SSSR count). The van der Waals surface area contributed by atoms with Crippen LogP contribution in [0.5, 0.6) is 0 Å². The lowest BCUT2D eigenvalue weighted by molar-refractivity contribution is -0.120. The predicted molar refractivity (Wildman–Crippen MR) is 49.2 cm³/mol. The Morgan fingerprint density at radius 3 is 2.75 bits per heavy atom. The molecular weight excluding hydrogens is 152 g/mol. The van der Waals surface area contributed by atoms with E-state index in [1.54, 1.807) is 0 Å². The molecule has 0 aromatic heterocycles. The highest BCUT2D eigenvalue weighted by atomic mass is 16.2. The van der Waals surface area contributed by atoms with Crippen molar-refractivity contribution in [2.75, 3.05) is 0 Å². The standard InChI is InChI=1S/C9H16N2O/c1-3-5-6-8-10-7(4-2)9(12)11-8/h7H,3-6H2,1-2H3,(H,10,11,12). The van der Waals surface area contributed by atoms with E-state index < -0.39 is 0 Å². The van der Waals surface area contributed by atoms with E-state index in [4.69, 9.17) is 0 Å². The van der Waals surface area contributed by atoms with Gasteiger partial charge < -0.3 is 5.32 Å². The van der Waals surface area contributed by atoms with Gasteiger partial charge in [-0.2, -0.15) is 0 Å². The van der Waals surface area contributed by atoms with Crippen LogP contribution in [0.15, 0.2) is 4.99 Å². The monoisotopic (exact) mass is 168 g/mol. The molecule has 0 aliphatic carbocycles. The van der Waals surface area contributed by atoms with Crippen molar-refractivity contribution in [3.05, 3.63) is 0 Å². The number of amidine groups is 1. The maximum absolute atomic E-state index is 11.2. The van der Waals surface area contributed by atoms with Crippen molar-refractivity contribution in [1.29, 1.82) is 0 Å². The lowest BCUT2D eigenvalue weighted by Gasteiger charge is -1.97. The predicted octanol–water partition coefficient (Wildman–Crippen LogP) is 1.48. The van der Waals surface area contributed by atoms with Crippen molar-refractivity contribution < 1.29 is 4.79 Å². The molecule has 0 saturated heterocycles. The fourth-order valence-electron chi connectivity index (χ4n) is 1.25. The number of amides is 1. The summed E-state index contributed by atoms with van der Waals surface area (Å²) in [5.41, 5.74) is 0. The summed E-state index contributed by atoms with van der Waals surface area (Å²) < 4.78 is 0. The SMILES string of the molecule is CCCCC1=NC(CC)C(=O)N1. The molecule has 1 aliphatic rings. The first-order valence-corrected chi connectivity index (χ1v) is 4.65. The Morgan fingerprint density at radius 2 is 2.25 bits per heavy atom. The van der Waals surface area contributed by atoms with E-state index in [2.05, 4.69) is 17.2 Å². The highest BCUT2D eigenvalue weighted by Crippen LogP contribution is 2.07. The maximum atomic E-state index is 11.2. The van der Waals surface area contributed by atoms with Gasteiger partial charge in [0.15, 0.2) is 0 Å². The molecular formula is C9H16N2O. The second-order valence-electron chi connectivity index (χ2n) is 3.09. The maximum Gasteiger partial charge on any atom is 0.250 e. The van der Waals surface area contributed by atoms with Crippen LogP contribution in [-0.4, -0.2) is 17.8 Å². The van der Waals surface area contributed by atoms with Crippen LogP contribution in [0, 0.1) is 0 Å². The summed E-state index contributed by atoms with van der Waals surface area (Å²) >= 11 is 0. The molecule has 3 nitrogen and oxygen atoms in total. The van der Waals surface area contributed by atoms with Crippen LogP contribution in [0.2, 0.25) is 0 Å². The minimum absolute atomic E-state index is 0.0728. The number of aliphatic imine (C=N–C) groups is 1. The molecule has 0 radical (unpaired) electrons. The first-order valence-electron chi connectivity index (χ1n) is 4.65. The highest BCUT2D eigenvalue weighted by molar-refractivity contribution is 6.05. The van der Waals surface area contributed by atoms with E-state index in [0.29, 0.717) is 0 Å². The zero-order valence-electron chi connectivity index (χ0n) is 7.76. The van der Waals surface area contributed by atoms with Gasteiger partial charge in [-0.1, -0.05) is 20.3 Å². The van der Waals surface area contributed by atoms with Crippen LogP contribution in [0.4, 0.5) is 0 Å². The van der Waals surface area contributed by atoms with Gasteiger partial charge in [-0.15, -0.1) is 0 Å². The molecule has 1 heterocycles. The van der Waals surface area contributed by atoms with Gasteiger partial charge in [0.1, 0.15) is 11.9 Å². The van der Waals surface area contributed by atoms with Gasteiger partial charge >= 0.3 is 0 Å². The number of hydrogen-bond acceptors (Lipinski definition) is 2. The summed E-state index contributed by atoms with van der Waals surface area (Å²) in [5, 5.41) is 2.80. The molecule has 0 saturated carbocycles. The molecule has 0 aromatic rings. The third-order valence-electron chi connectivity index (χ3n) is 2.04. The number of carbonyl (C=O) groups excluding carboxylic acids is 1. The molecule has 1 N–H and O–H groups in total. The molecule has 1 atom stereocenters. The van der Waals surface area contributed by atoms with Crippen LogP contribution in [0.3, 0.4) is 0 Å². The molecule has 1 amide bonds. The van der Waals surface area contributed by atoms with Crippen LogP contribution >= 0.6 is 0 Å². The molecule has 3 heteroatoms. The van der Waals surface area contributed by atoms with Gasteiger partial charge in [-0.25, -0.2) is 0 Å². The summed E-state index contributed by atoms with van der Waals surface area (Å²) in [6, 6.07) is -0.114. The minimum atomic E-state index is -0.114. The van der Waals surface area contributed by atoms with E-state index >= 15 is 0 Å². The van der Waals surface area contributed by atoms with Crippen molar-refractivity contribution in [1.82, 2.24) is 5.32 Å². The number of carbonyl (C=O) groups is 1. The second kappa shape index (κ2) is 4.24. The molecule has 0 spiro atoms. The number of nitrogens with zero attached hydrogens (tertiary/aromatic N) is 1. The van der Waals surface area contributed by atoms with Gasteiger partial charge in [0.05, 0.1) is 0 Å². The van der Waals surface area contributed by atoms with Crippen LogP contribution < -0.4 is 5.32 Å². The number of unbranched alkanes of at least 4 members (excludes halogenated alkanes) is 1. The van der Waals surface area contributed by atoms with Gasteiger partial charge in [0, 0.05) is 6.42 Å². The summed E-state index contributed by atoms with van der Waals surface area (Å²) in [4.78, 5) is 15.4. The third kappa shape index (κ3) is 2.06. The third-order valence-corrected chi connectivity index (χ3v) is 2.04. The summed E-state index contributed by atoms with van der Waals surface area (Å²) in [7, 11) is 0. The molecule has 0 aromatic carbocycles. The Morgan fingerprint density at radius 1 is 1.50 bits per heavy atom. The molecule has 1 unspecified atom stereocenters. The quantitative estimate of drug-likeness (QED) is 0.678. The number of hydrogen-bond donors (Lipinski definition) is 1. The van der Waals surface area contributed by atoms with Crippen LogP contribution in [0.25, 0.3) is 0 Å². The average molecular weight is 168 g/mol. The summed E-state index contributed by atoms with van der Waals surface area (Å²) in [6.45, 7) is 4.12. The fraction of sp³-hybridized carbons (Fsp3) is 0.778. The van der Waals surface area contributed by atoms with Gasteiger partial charge in [0.2, 0.25) is 5.91 Å². The summed E-state index contributed by atoms with van der Waals surface area (Å²) in [5.74, 6) is 0.956. The Bertz CT molecular complexity index is 199. The number of rotatable bonds is 4. The largest absolute Gasteiger partial charge is 0.313 e. The molecule has 0 bridgehead atoms. The minimum Gasteiger partial charge on any atom is -0.313 e. The van der Waals surface area contributed by atoms with E-state index in [0.717, 1.165) is 31.5 Å². The lowest BCUT2D eigenvalue weighted by atomic mass is 10.2. The Hall–Kier alpha value is -0.860. The molecule has 0 fully saturated rings. The van der Waals surface area contributed by atoms with Crippen LogP contribution in [0.1, 0.15) is 39.5 Å². The average Bonchev–Trinajstić information content (AvgIpc) is 2.43. The zero-order chi connectivity index (χ0) is 8.97. The number of nitrogens with one attached hydrogen (secondary N) is 1. The lowest BCUT2D eigenvalue weighted by Crippen LogP contribution is -2.28. The molecule has 68 valence electrons. The Labute approximate surface area is 73.3 Å². The van der Waals surface area contributed by atoms with Crippen molar-refractivity contribution in [3.8, 4) is 0 Å². The van der Waals surface area contributed by atoms with Crippen molar-refractivity contribution in [2.45, 2.75) is 45.6 Å². The Kier molecular flexibility index (Phi) is 3.26. The van der Waals surface area contributed by atoms with Gasteiger partial charge in [-0.05, 0) is 12.8 Å². The van der Waals surface area contributed by atoms with Gasteiger partial charge in [-0.3, -0.25) is 9.79 Å². The van der Waals surface area contributed by atoms with E-state index in [1.807, 2.05) is 6.92 Å². The van der Waals surface area contributed by atoms with Crippen molar-refractivity contribution >= 4 is 11.7 Å². The summed E-state index contributed by atoms with van der Waals surface area (Å²) in [6.07, 6.45) is 3.97. The zero-order valence-corrected chi connectivity index (χ0v) is 7.76.